The van der Waals surface area contributed by atoms with Gasteiger partial charge in [0.15, 0.2) is 0 Å². The van der Waals surface area contributed by atoms with E-state index in [0.29, 0.717) is 10.7 Å². The fourth-order valence-corrected chi connectivity index (χ4v) is 2.64. The van der Waals surface area contributed by atoms with Gasteiger partial charge in [-0.05, 0) is 36.8 Å². The Balaban J connectivity index is 1.64. The molecule has 0 fully saturated rings. The number of hydrogen-bond donors (Lipinski definition) is 1. The van der Waals surface area contributed by atoms with Gasteiger partial charge in [0, 0.05) is 29.9 Å². The van der Waals surface area contributed by atoms with E-state index in [1.807, 2.05) is 6.92 Å². The number of nitrogens with one attached hydrogen (secondary N) is 1. The van der Waals surface area contributed by atoms with Crippen LogP contribution < -0.4 is 5.32 Å². The molecule has 3 rings (SSSR count). The molecule has 3 amide bonds. The van der Waals surface area contributed by atoms with E-state index in [2.05, 4.69) is 10.3 Å². The molecule has 2 heterocycles. The number of carbonyl (C=O) groups is 3. The maximum Gasteiger partial charge on any atom is 0.280 e. The molecule has 0 bridgehead atoms. The van der Waals surface area contributed by atoms with Gasteiger partial charge in [0.25, 0.3) is 11.8 Å². The first-order chi connectivity index (χ1) is 11.5. The fraction of sp³-hybridized carbons (Fsp3) is 0.176. The first-order valence-electron chi connectivity index (χ1n) is 7.34. The molecule has 0 unspecified atom stereocenters. The van der Waals surface area contributed by atoms with Crippen molar-refractivity contribution >= 4 is 35.0 Å². The molecule has 1 N–H and O–H groups in total. The third kappa shape index (κ3) is 3.00. The molecule has 0 radical (unpaired) electrons. The molecule has 0 saturated carbocycles. The molecule has 6 nitrogen and oxygen atoms in total. The van der Waals surface area contributed by atoms with Crippen molar-refractivity contribution in [3.05, 3.63) is 58.4 Å². The number of hydrogen-bond acceptors (Lipinski definition) is 4. The van der Waals surface area contributed by atoms with Gasteiger partial charge in [0.2, 0.25) is 5.91 Å². The highest BCUT2D eigenvalue weighted by Crippen LogP contribution is 2.22. The van der Waals surface area contributed by atoms with Crippen LogP contribution in [0.4, 0.5) is 5.69 Å². The number of aryl methyl sites for hydroxylation is 1. The number of fused-ring (bicyclic) bond motifs is 1. The minimum absolute atomic E-state index is 0.000522. The van der Waals surface area contributed by atoms with Crippen LogP contribution >= 0.6 is 11.6 Å². The fourth-order valence-electron chi connectivity index (χ4n) is 2.47. The van der Waals surface area contributed by atoms with Gasteiger partial charge in [-0.25, -0.2) is 0 Å². The summed E-state index contributed by atoms with van der Waals surface area (Å²) in [5.41, 5.74) is 1.89. The standard InChI is InChI=1S/C17H14ClN3O3/c1-10-4-5-11(18)9-13(10)20-14(22)6-8-21-16(23)12-3-2-7-19-15(12)17(21)24/h2-5,7,9H,6,8H2,1H3,(H,20,22). The molecule has 0 aliphatic carbocycles. The Morgan fingerprint density at radius 2 is 2.04 bits per heavy atom. The monoisotopic (exact) mass is 343 g/mol. The van der Waals surface area contributed by atoms with E-state index in [1.165, 1.54) is 6.20 Å². The zero-order valence-electron chi connectivity index (χ0n) is 12.9. The van der Waals surface area contributed by atoms with Crippen LogP contribution in [0.2, 0.25) is 5.02 Å². The zero-order chi connectivity index (χ0) is 17.3. The Kier molecular flexibility index (Phi) is 4.31. The summed E-state index contributed by atoms with van der Waals surface area (Å²) >= 11 is 5.91. The van der Waals surface area contributed by atoms with Crippen LogP contribution in [0.5, 0.6) is 0 Å². The Labute approximate surface area is 143 Å². The quantitative estimate of drug-likeness (QED) is 0.865. The summed E-state index contributed by atoms with van der Waals surface area (Å²) < 4.78 is 0. The van der Waals surface area contributed by atoms with Gasteiger partial charge in [0.05, 0.1) is 5.56 Å². The molecular formula is C17H14ClN3O3. The molecular weight excluding hydrogens is 330 g/mol. The number of amides is 3. The van der Waals surface area contributed by atoms with Crippen LogP contribution in [-0.4, -0.2) is 34.2 Å². The van der Waals surface area contributed by atoms with Crippen LogP contribution in [0.15, 0.2) is 36.5 Å². The van der Waals surface area contributed by atoms with Gasteiger partial charge >= 0.3 is 0 Å². The van der Waals surface area contributed by atoms with Gasteiger partial charge in [-0.15, -0.1) is 0 Å². The van der Waals surface area contributed by atoms with Crippen LogP contribution in [0.3, 0.4) is 0 Å². The number of rotatable bonds is 4. The van der Waals surface area contributed by atoms with Gasteiger partial charge in [0.1, 0.15) is 5.69 Å². The van der Waals surface area contributed by atoms with E-state index >= 15 is 0 Å². The van der Waals surface area contributed by atoms with Crippen molar-refractivity contribution in [2.24, 2.45) is 0 Å². The molecule has 7 heteroatoms. The largest absolute Gasteiger partial charge is 0.326 e. The lowest BCUT2D eigenvalue weighted by molar-refractivity contribution is -0.116. The van der Waals surface area contributed by atoms with Gasteiger partial charge in [-0.3, -0.25) is 24.3 Å². The van der Waals surface area contributed by atoms with Crippen molar-refractivity contribution in [1.29, 1.82) is 0 Å². The lowest BCUT2D eigenvalue weighted by Crippen LogP contribution is -2.33. The Hall–Kier alpha value is -2.73. The third-order valence-corrected chi connectivity index (χ3v) is 4.00. The minimum Gasteiger partial charge on any atom is -0.326 e. The van der Waals surface area contributed by atoms with E-state index in [4.69, 9.17) is 11.6 Å². The number of benzene rings is 1. The molecule has 1 aliphatic heterocycles. The van der Waals surface area contributed by atoms with Gasteiger partial charge in [-0.1, -0.05) is 17.7 Å². The van der Waals surface area contributed by atoms with E-state index < -0.39 is 11.8 Å². The van der Waals surface area contributed by atoms with Gasteiger partial charge < -0.3 is 5.32 Å². The molecule has 2 aromatic rings. The molecule has 0 atom stereocenters. The zero-order valence-corrected chi connectivity index (χ0v) is 13.6. The second-order valence-corrected chi connectivity index (χ2v) is 5.86. The van der Waals surface area contributed by atoms with Crippen molar-refractivity contribution < 1.29 is 14.4 Å². The Morgan fingerprint density at radius 3 is 2.79 bits per heavy atom. The van der Waals surface area contributed by atoms with Crippen molar-refractivity contribution in [3.8, 4) is 0 Å². The smallest absolute Gasteiger partial charge is 0.280 e. The average Bonchev–Trinajstić information content (AvgIpc) is 2.81. The van der Waals surface area contributed by atoms with E-state index in [1.54, 1.807) is 30.3 Å². The predicted molar refractivity (Wildman–Crippen MR) is 89.0 cm³/mol. The van der Waals surface area contributed by atoms with Crippen molar-refractivity contribution in [3.63, 3.8) is 0 Å². The highest BCUT2D eigenvalue weighted by atomic mass is 35.5. The topological polar surface area (TPSA) is 79.4 Å². The lowest BCUT2D eigenvalue weighted by atomic mass is 10.2. The molecule has 0 saturated heterocycles. The molecule has 1 aliphatic rings. The number of anilines is 1. The van der Waals surface area contributed by atoms with Crippen molar-refractivity contribution in [1.82, 2.24) is 9.88 Å². The maximum absolute atomic E-state index is 12.2. The molecule has 122 valence electrons. The van der Waals surface area contributed by atoms with Crippen molar-refractivity contribution in [2.75, 3.05) is 11.9 Å². The number of halogens is 1. The predicted octanol–water partition coefficient (Wildman–Crippen LogP) is 2.67. The van der Waals surface area contributed by atoms with Crippen LogP contribution in [0.25, 0.3) is 0 Å². The number of nitrogens with zero attached hydrogens (tertiary/aromatic N) is 2. The molecule has 24 heavy (non-hydrogen) atoms. The highest BCUT2D eigenvalue weighted by Gasteiger charge is 2.36. The summed E-state index contributed by atoms with van der Waals surface area (Å²) in [5, 5.41) is 3.25. The second kappa shape index (κ2) is 6.41. The molecule has 0 spiro atoms. The van der Waals surface area contributed by atoms with E-state index in [-0.39, 0.29) is 30.1 Å². The Bertz CT molecular complexity index is 816. The summed E-state index contributed by atoms with van der Waals surface area (Å²) in [5.74, 6) is -1.19. The third-order valence-electron chi connectivity index (χ3n) is 3.77. The van der Waals surface area contributed by atoms with E-state index in [9.17, 15) is 14.4 Å². The van der Waals surface area contributed by atoms with E-state index in [0.717, 1.165) is 10.5 Å². The number of pyridine rings is 1. The summed E-state index contributed by atoms with van der Waals surface area (Å²) in [7, 11) is 0. The number of carbonyl (C=O) groups excluding carboxylic acids is 3. The van der Waals surface area contributed by atoms with Crippen molar-refractivity contribution in [2.45, 2.75) is 13.3 Å². The summed E-state index contributed by atoms with van der Waals surface area (Å²) in [6.45, 7) is 1.85. The summed E-state index contributed by atoms with van der Waals surface area (Å²) in [6, 6.07) is 8.34. The summed E-state index contributed by atoms with van der Waals surface area (Å²) in [6.07, 6.45) is 1.46. The lowest BCUT2D eigenvalue weighted by Gasteiger charge is -2.14. The normalized spacial score (nSPS) is 13.2. The van der Waals surface area contributed by atoms with Gasteiger partial charge in [-0.2, -0.15) is 0 Å². The average molecular weight is 344 g/mol. The first kappa shape index (κ1) is 16.1. The highest BCUT2D eigenvalue weighted by molar-refractivity contribution is 6.31. The second-order valence-electron chi connectivity index (χ2n) is 5.42. The minimum atomic E-state index is -0.470. The van der Waals surface area contributed by atoms with Crippen LogP contribution in [-0.2, 0) is 4.79 Å². The molecule has 1 aromatic carbocycles. The van der Waals surface area contributed by atoms with Crippen LogP contribution in [0.1, 0.15) is 32.8 Å². The number of aromatic nitrogens is 1. The number of imide groups is 1. The first-order valence-corrected chi connectivity index (χ1v) is 7.72. The van der Waals surface area contributed by atoms with Crippen LogP contribution in [0, 0.1) is 6.92 Å². The molecule has 1 aromatic heterocycles. The SMILES string of the molecule is Cc1ccc(Cl)cc1NC(=O)CCN1C(=O)c2cccnc2C1=O. The maximum atomic E-state index is 12.2. The summed E-state index contributed by atoms with van der Waals surface area (Å²) in [4.78, 5) is 41.4. The Morgan fingerprint density at radius 1 is 1.25 bits per heavy atom.